The van der Waals surface area contributed by atoms with Crippen molar-refractivity contribution in [3.8, 4) is 0 Å². The second-order valence-electron chi connectivity index (χ2n) is 19.2. The number of carbonyl (C=O) groups is 4. The second kappa shape index (κ2) is 23.0. The monoisotopic (exact) mass is 956 g/mol. The molecule has 0 spiro atoms. The average Bonchev–Trinajstić information content (AvgIpc) is 3.65. The molecule has 366 valence electrons. The van der Waals surface area contributed by atoms with E-state index in [1.165, 1.54) is 62.8 Å². The van der Waals surface area contributed by atoms with Crippen LogP contribution in [0, 0.1) is 0 Å². The van der Waals surface area contributed by atoms with Crippen LogP contribution in [-0.2, 0) is 44.9 Å². The fourth-order valence-corrected chi connectivity index (χ4v) is 10.4. The number of allylic oxidation sites excluding steroid dienone is 8. The minimum Gasteiger partial charge on any atom is -0.748 e. The number of carbonyl (C=O) groups excluding carboxylic acids is 4. The number of ketones is 1. The molecule has 0 aromatic heterocycles. The van der Waals surface area contributed by atoms with Crippen molar-refractivity contribution in [2.24, 2.45) is 0 Å². The van der Waals surface area contributed by atoms with E-state index in [0.717, 1.165) is 30.8 Å². The average molecular weight is 957 g/mol. The van der Waals surface area contributed by atoms with Gasteiger partial charge in [-0.3, -0.25) is 19.2 Å². The highest BCUT2D eigenvalue weighted by Gasteiger charge is 2.45. The highest BCUT2D eigenvalue weighted by Crippen LogP contribution is 2.51. The highest BCUT2D eigenvalue weighted by atomic mass is 32.2. The van der Waals surface area contributed by atoms with Gasteiger partial charge in [-0.25, -0.2) is 8.42 Å². The van der Waals surface area contributed by atoms with Crippen LogP contribution in [-0.4, -0.2) is 96.8 Å². The van der Waals surface area contributed by atoms with Crippen molar-refractivity contribution in [2.45, 2.75) is 110 Å². The number of likely N-dealkylation sites (N-methyl/N-ethyl adjacent to an activating group) is 1. The molecule has 0 unspecified atom stereocenters. The molecule has 6 rings (SSSR count). The first-order valence-electron chi connectivity index (χ1n) is 24.1. The van der Waals surface area contributed by atoms with Gasteiger partial charge in [0.1, 0.15) is 6.54 Å². The smallest absolute Gasteiger partial charge is 0.303 e. The maximum Gasteiger partial charge on any atom is 0.303 e. The third-order valence-corrected chi connectivity index (χ3v) is 14.0. The molecule has 0 fully saturated rings. The van der Waals surface area contributed by atoms with Gasteiger partial charge in [0, 0.05) is 86.6 Å². The lowest BCUT2D eigenvalue weighted by Crippen LogP contribution is -2.36. The van der Waals surface area contributed by atoms with Gasteiger partial charge in [0.05, 0.1) is 22.1 Å². The summed E-state index contributed by atoms with van der Waals surface area (Å²) in [5, 5.41) is 7.45. The number of amides is 2. The molecule has 0 bridgehead atoms. The molecule has 2 aliphatic rings. The number of rotatable bonds is 23. The number of nitrogens with zero attached hydrogens (tertiary/aromatic N) is 3. The lowest BCUT2D eigenvalue weighted by Gasteiger charge is -2.27. The van der Waals surface area contributed by atoms with Crippen molar-refractivity contribution in [3.63, 3.8) is 0 Å². The summed E-state index contributed by atoms with van der Waals surface area (Å²) in [7, 11) is -2.63. The topological polar surface area (TPSA) is 156 Å². The molecule has 2 aliphatic heterocycles. The second-order valence-corrected chi connectivity index (χ2v) is 20.7. The summed E-state index contributed by atoms with van der Waals surface area (Å²) < 4.78 is 41.4. The van der Waals surface area contributed by atoms with Gasteiger partial charge in [-0.2, -0.15) is 4.58 Å². The van der Waals surface area contributed by atoms with Gasteiger partial charge in [-0.15, -0.1) is 0 Å². The van der Waals surface area contributed by atoms with Crippen molar-refractivity contribution in [3.05, 3.63) is 132 Å². The minimum absolute atomic E-state index is 0.0163. The maximum atomic E-state index is 13.0. The third-order valence-electron chi connectivity index (χ3n) is 13.2. The van der Waals surface area contributed by atoms with Crippen molar-refractivity contribution < 1.29 is 41.5 Å². The summed E-state index contributed by atoms with van der Waals surface area (Å²) in [6.07, 6.45) is 17.9. The van der Waals surface area contributed by atoms with E-state index in [2.05, 4.69) is 127 Å². The molecule has 0 saturated heterocycles. The molecule has 12 nitrogen and oxygen atoms in total. The molecule has 69 heavy (non-hydrogen) atoms. The summed E-state index contributed by atoms with van der Waals surface area (Å²) in [5.41, 5.74) is 6.51. The van der Waals surface area contributed by atoms with Gasteiger partial charge in [0.25, 0.3) is 5.91 Å². The fourth-order valence-electron chi connectivity index (χ4n) is 9.88. The molecule has 0 aliphatic carbocycles. The molecule has 13 heteroatoms. The first-order chi connectivity index (χ1) is 32.8. The predicted octanol–water partition coefficient (Wildman–Crippen LogP) is 9.48. The molecular formula is C56H68N4O8S. The van der Waals surface area contributed by atoms with Gasteiger partial charge >= 0.3 is 5.97 Å². The van der Waals surface area contributed by atoms with E-state index in [1.807, 2.05) is 30.4 Å². The molecule has 4 aromatic rings. The van der Waals surface area contributed by atoms with Crippen molar-refractivity contribution in [2.75, 3.05) is 43.9 Å². The van der Waals surface area contributed by atoms with E-state index in [-0.39, 0.29) is 47.8 Å². The number of ether oxygens (including phenoxy) is 1. The fraction of sp³-hybridized carbons (Fsp3) is 0.411. The van der Waals surface area contributed by atoms with E-state index in [4.69, 9.17) is 4.74 Å². The normalized spacial score (nSPS) is 16.3. The zero-order chi connectivity index (χ0) is 49.9. The van der Waals surface area contributed by atoms with Gasteiger partial charge < -0.3 is 24.4 Å². The maximum absolute atomic E-state index is 13.0. The Morgan fingerprint density at radius 3 is 2.13 bits per heavy atom. The Labute approximate surface area is 408 Å². The number of nitrogens with one attached hydrogen (secondary N) is 1. The number of benzene rings is 4. The predicted molar refractivity (Wildman–Crippen MR) is 275 cm³/mol. The van der Waals surface area contributed by atoms with Crippen molar-refractivity contribution >= 4 is 72.3 Å². The van der Waals surface area contributed by atoms with Crippen LogP contribution < -0.4 is 10.2 Å². The Hall–Kier alpha value is -6.18. The first kappa shape index (κ1) is 52.2. The molecule has 2 heterocycles. The van der Waals surface area contributed by atoms with Crippen LogP contribution in [0.15, 0.2) is 121 Å². The van der Waals surface area contributed by atoms with Crippen LogP contribution in [0.2, 0.25) is 0 Å². The largest absolute Gasteiger partial charge is 0.748 e. The highest BCUT2D eigenvalue weighted by molar-refractivity contribution is 7.85. The van der Waals surface area contributed by atoms with Crippen LogP contribution in [0.4, 0.5) is 11.4 Å². The van der Waals surface area contributed by atoms with Crippen molar-refractivity contribution in [1.82, 2.24) is 10.2 Å². The van der Waals surface area contributed by atoms with E-state index >= 15 is 0 Å². The number of hydrogen-bond acceptors (Lipinski definition) is 9. The number of unbranched alkanes of at least 4 members (excludes halogenated alkanes) is 3. The number of fused-ring (bicyclic) bond motifs is 6. The summed E-state index contributed by atoms with van der Waals surface area (Å²) in [5.74, 6) is -1.48. The Morgan fingerprint density at radius 2 is 1.43 bits per heavy atom. The lowest BCUT2D eigenvalue weighted by molar-refractivity contribution is -0.438. The molecule has 2 amide bonds. The Morgan fingerprint density at radius 1 is 0.783 bits per heavy atom. The summed E-state index contributed by atoms with van der Waals surface area (Å²) >= 11 is 0. The number of hydrogen-bond donors (Lipinski definition) is 1. The van der Waals surface area contributed by atoms with Crippen molar-refractivity contribution in [1.29, 1.82) is 0 Å². The zero-order valence-electron chi connectivity index (χ0n) is 41.3. The SMILES string of the molecule is CC(=O)O[C@@H](C)C(=O)NCCCC(=O)CN(C)C(=O)CCCCC[N+]1=C(C=CC=CC=CC=C2N(CCCCS(=O)(=O)[O-])c3ccc4ccccc4c3C2(C)C)C(C)(C)c2c1ccc1ccccc21. The standard InChI is InChI=1S/C56H68N4O8S/c1-40(68-41(2)61)54(64)57-35-22-25-44(62)39-58(7)51(63)30-14-11-19-36-59-47-33-31-42-23-15-17-26-45(42)52(47)55(3,4)49(59)28-12-9-8-10-13-29-50-56(5,6)53-46-27-18-16-24-43(46)32-34-48(53)60(50)37-20-21-38-69(65,66)67/h8-10,12-13,15-18,23-24,26-29,31-34,40H,11,14,19-22,25,30,35-39H2,1-7H3,(H-,57,64,65,66,67)/t40-/m0/s1. The summed E-state index contributed by atoms with van der Waals surface area (Å²) in [6, 6.07) is 25.6. The van der Waals surface area contributed by atoms with E-state index in [9.17, 15) is 32.1 Å². The van der Waals surface area contributed by atoms with E-state index in [0.29, 0.717) is 38.6 Å². The lowest BCUT2D eigenvalue weighted by atomic mass is 9.79. The number of Topliss-reactive ketones (excluding diaryl/α,β-unsaturated/α-hetero) is 1. The molecule has 0 saturated carbocycles. The van der Waals surface area contributed by atoms with Crippen LogP contribution in [0.3, 0.4) is 0 Å². The molecule has 1 N–H and O–H groups in total. The minimum atomic E-state index is -4.28. The first-order valence-corrected chi connectivity index (χ1v) is 25.7. The van der Waals surface area contributed by atoms with Gasteiger partial charge in [-0.05, 0) is 98.2 Å². The molecule has 4 aromatic carbocycles. The van der Waals surface area contributed by atoms with E-state index in [1.54, 1.807) is 7.05 Å². The molecule has 0 radical (unpaired) electrons. The van der Waals surface area contributed by atoms with Gasteiger partial charge in [0.15, 0.2) is 17.6 Å². The third kappa shape index (κ3) is 12.9. The summed E-state index contributed by atoms with van der Waals surface area (Å²) in [4.78, 5) is 52.5. The number of esters is 1. The van der Waals surface area contributed by atoms with Crippen LogP contribution >= 0.6 is 0 Å². The Kier molecular flexibility index (Phi) is 17.4. The Balaban J connectivity index is 1.09. The van der Waals surface area contributed by atoms with Crippen LogP contribution in [0.25, 0.3) is 21.5 Å². The number of anilines is 1. The molecule has 1 atom stereocenters. The zero-order valence-corrected chi connectivity index (χ0v) is 42.1. The van der Waals surface area contributed by atoms with Crippen LogP contribution in [0.1, 0.15) is 104 Å². The quantitative estimate of drug-likeness (QED) is 0.0252. The van der Waals surface area contributed by atoms with Crippen LogP contribution in [0.5, 0.6) is 0 Å². The Bertz CT molecular complexity index is 2840. The van der Waals surface area contributed by atoms with Gasteiger partial charge in [-0.1, -0.05) is 98.8 Å². The molecular weight excluding hydrogens is 889 g/mol. The summed E-state index contributed by atoms with van der Waals surface area (Å²) in [6.45, 7) is 13.4. The van der Waals surface area contributed by atoms with E-state index < -0.39 is 28.1 Å². The van der Waals surface area contributed by atoms with Gasteiger partial charge in [0.2, 0.25) is 11.6 Å².